The Hall–Kier alpha value is -0.300. The van der Waals surface area contributed by atoms with E-state index in [1.54, 1.807) is 0 Å². The Balaban J connectivity index is 2.25. The van der Waals surface area contributed by atoms with E-state index >= 15 is 0 Å². The summed E-state index contributed by atoms with van der Waals surface area (Å²) in [6, 6.07) is 1.31. The van der Waals surface area contributed by atoms with Crippen molar-refractivity contribution in [1.29, 1.82) is 0 Å². The van der Waals surface area contributed by atoms with Crippen LogP contribution in [-0.2, 0) is 0 Å². The minimum atomic E-state index is 0.817. The summed E-state index contributed by atoms with van der Waals surface area (Å²) in [5.74, 6) is 0.817. The van der Waals surface area contributed by atoms with Crippen molar-refractivity contribution in [3.05, 3.63) is 18.7 Å². The van der Waals surface area contributed by atoms with Crippen LogP contribution in [0.15, 0.2) is 12.7 Å². The Labute approximate surface area is 50.8 Å². The molecule has 1 aliphatic rings. The van der Waals surface area contributed by atoms with Crippen molar-refractivity contribution in [2.24, 2.45) is 5.92 Å². The zero-order valence-electron chi connectivity index (χ0n) is 5.28. The normalized spacial score (nSPS) is 19.2. The summed E-state index contributed by atoms with van der Waals surface area (Å²) in [7, 11) is 1.95. The molecular formula is C7H12N. The molecule has 0 aromatic heterocycles. The van der Waals surface area contributed by atoms with Gasteiger partial charge in [0, 0.05) is 0 Å². The standard InChI is InChI=1S/C7H12N/c1-3-7(8-2)6-4-5-6/h3,6,8H,1,4-5H2,2H3. The van der Waals surface area contributed by atoms with Gasteiger partial charge in [-0.2, -0.15) is 0 Å². The van der Waals surface area contributed by atoms with Gasteiger partial charge in [-0.05, 0) is 25.8 Å². The summed E-state index contributed by atoms with van der Waals surface area (Å²) in [5.41, 5.74) is 0. The molecule has 1 radical (unpaired) electrons. The van der Waals surface area contributed by atoms with Gasteiger partial charge in [-0.3, -0.25) is 0 Å². The van der Waals surface area contributed by atoms with Gasteiger partial charge in [0.1, 0.15) is 0 Å². The SMILES string of the molecule is C=C[C](NC)C1CC1. The second-order valence-corrected chi connectivity index (χ2v) is 2.18. The van der Waals surface area contributed by atoms with E-state index in [1.807, 2.05) is 13.1 Å². The second-order valence-electron chi connectivity index (χ2n) is 2.18. The summed E-state index contributed by atoms with van der Waals surface area (Å²) in [5, 5.41) is 3.11. The highest BCUT2D eigenvalue weighted by Crippen LogP contribution is 2.36. The zero-order chi connectivity index (χ0) is 5.98. The first-order chi connectivity index (χ1) is 3.88. The third kappa shape index (κ3) is 1.10. The van der Waals surface area contributed by atoms with Crippen molar-refractivity contribution in [2.75, 3.05) is 7.05 Å². The summed E-state index contributed by atoms with van der Waals surface area (Å²) in [4.78, 5) is 0. The Morgan fingerprint density at radius 2 is 2.38 bits per heavy atom. The van der Waals surface area contributed by atoms with E-state index in [2.05, 4.69) is 11.9 Å². The van der Waals surface area contributed by atoms with Crippen LogP contribution in [0.3, 0.4) is 0 Å². The summed E-state index contributed by atoms with van der Waals surface area (Å²) in [6.45, 7) is 3.69. The average Bonchev–Trinajstić information content (AvgIpc) is 2.53. The van der Waals surface area contributed by atoms with Gasteiger partial charge in [0.15, 0.2) is 0 Å². The first kappa shape index (κ1) is 5.83. The molecule has 0 heterocycles. The molecule has 0 bridgehead atoms. The number of rotatable bonds is 3. The minimum Gasteiger partial charge on any atom is -0.309 e. The van der Waals surface area contributed by atoms with Crippen LogP contribution < -0.4 is 5.32 Å². The maximum atomic E-state index is 3.69. The van der Waals surface area contributed by atoms with Gasteiger partial charge in [0.2, 0.25) is 0 Å². The Kier molecular flexibility index (Phi) is 1.69. The minimum absolute atomic E-state index is 0.817. The zero-order valence-corrected chi connectivity index (χ0v) is 5.28. The second kappa shape index (κ2) is 2.31. The highest BCUT2D eigenvalue weighted by Gasteiger charge is 2.28. The van der Waals surface area contributed by atoms with Crippen LogP contribution in [0.1, 0.15) is 12.8 Å². The van der Waals surface area contributed by atoms with Crippen molar-refractivity contribution in [3.63, 3.8) is 0 Å². The molecule has 0 aliphatic heterocycles. The molecule has 0 aromatic carbocycles. The average molecular weight is 110 g/mol. The lowest BCUT2D eigenvalue weighted by Crippen LogP contribution is -2.14. The van der Waals surface area contributed by atoms with E-state index < -0.39 is 0 Å². The highest BCUT2D eigenvalue weighted by atomic mass is 14.9. The van der Waals surface area contributed by atoms with Crippen molar-refractivity contribution < 1.29 is 0 Å². The molecule has 45 valence electrons. The van der Waals surface area contributed by atoms with Gasteiger partial charge in [0.25, 0.3) is 0 Å². The summed E-state index contributed by atoms with van der Waals surface area (Å²) >= 11 is 0. The predicted molar refractivity (Wildman–Crippen MR) is 35.2 cm³/mol. The van der Waals surface area contributed by atoms with Gasteiger partial charge in [-0.15, -0.1) is 6.58 Å². The molecule has 1 rings (SSSR count). The Bertz CT molecular complexity index is 84.4. The maximum Gasteiger partial charge on any atom is 0.0611 e. The molecule has 1 N–H and O–H groups in total. The Morgan fingerprint density at radius 1 is 1.75 bits per heavy atom. The molecule has 1 heteroatoms. The Morgan fingerprint density at radius 3 is 2.50 bits per heavy atom. The fourth-order valence-electron chi connectivity index (χ4n) is 0.867. The van der Waals surface area contributed by atoms with Gasteiger partial charge in [0.05, 0.1) is 6.04 Å². The smallest absolute Gasteiger partial charge is 0.0611 e. The number of hydrogen-bond donors (Lipinski definition) is 1. The van der Waals surface area contributed by atoms with Crippen LogP contribution in [0.2, 0.25) is 0 Å². The monoisotopic (exact) mass is 110 g/mol. The topological polar surface area (TPSA) is 12.0 Å². The molecule has 1 nitrogen and oxygen atoms in total. The van der Waals surface area contributed by atoms with E-state index in [4.69, 9.17) is 0 Å². The van der Waals surface area contributed by atoms with E-state index in [1.165, 1.54) is 18.9 Å². The van der Waals surface area contributed by atoms with Crippen molar-refractivity contribution >= 4 is 0 Å². The highest BCUT2D eigenvalue weighted by molar-refractivity contribution is 5.12. The quantitative estimate of drug-likeness (QED) is 0.578. The molecule has 0 unspecified atom stereocenters. The molecule has 8 heavy (non-hydrogen) atoms. The fourth-order valence-corrected chi connectivity index (χ4v) is 0.867. The fraction of sp³-hybridized carbons (Fsp3) is 0.571. The molecule has 0 atom stereocenters. The van der Waals surface area contributed by atoms with Gasteiger partial charge in [-0.1, -0.05) is 6.08 Å². The third-order valence-corrected chi connectivity index (χ3v) is 1.53. The lowest BCUT2D eigenvalue weighted by molar-refractivity contribution is 0.745. The lowest BCUT2D eigenvalue weighted by atomic mass is 10.2. The van der Waals surface area contributed by atoms with E-state index in [-0.39, 0.29) is 0 Å². The molecule has 0 aromatic rings. The van der Waals surface area contributed by atoms with Crippen LogP contribution in [0.25, 0.3) is 0 Å². The summed E-state index contributed by atoms with van der Waals surface area (Å²) in [6.07, 6.45) is 4.61. The van der Waals surface area contributed by atoms with Crippen LogP contribution in [0.5, 0.6) is 0 Å². The molecule has 0 amide bonds. The first-order valence-electron chi connectivity index (χ1n) is 3.05. The first-order valence-corrected chi connectivity index (χ1v) is 3.05. The van der Waals surface area contributed by atoms with E-state index in [9.17, 15) is 0 Å². The molecular weight excluding hydrogens is 98.1 g/mol. The van der Waals surface area contributed by atoms with Crippen LogP contribution >= 0.6 is 0 Å². The van der Waals surface area contributed by atoms with Crippen LogP contribution in [0.4, 0.5) is 0 Å². The van der Waals surface area contributed by atoms with Crippen LogP contribution in [-0.4, -0.2) is 7.05 Å². The van der Waals surface area contributed by atoms with Crippen molar-refractivity contribution in [1.82, 2.24) is 5.32 Å². The molecule has 1 aliphatic carbocycles. The molecule has 1 fully saturated rings. The molecule has 0 spiro atoms. The molecule has 0 saturated heterocycles. The van der Waals surface area contributed by atoms with E-state index in [0.717, 1.165) is 5.92 Å². The number of nitrogens with one attached hydrogen (secondary N) is 1. The van der Waals surface area contributed by atoms with Crippen molar-refractivity contribution in [2.45, 2.75) is 12.8 Å². The van der Waals surface area contributed by atoms with Crippen molar-refractivity contribution in [3.8, 4) is 0 Å². The number of likely N-dealkylation sites (N-methyl/N-ethyl adjacent to an activating group) is 1. The summed E-state index contributed by atoms with van der Waals surface area (Å²) < 4.78 is 0. The predicted octanol–water partition coefficient (Wildman–Crippen LogP) is 1.33. The maximum absolute atomic E-state index is 3.69. The molecule has 1 saturated carbocycles. The van der Waals surface area contributed by atoms with Gasteiger partial charge < -0.3 is 5.32 Å². The number of hydrogen-bond acceptors (Lipinski definition) is 1. The largest absolute Gasteiger partial charge is 0.309 e. The van der Waals surface area contributed by atoms with Crippen LogP contribution in [0, 0.1) is 12.0 Å². The van der Waals surface area contributed by atoms with Gasteiger partial charge in [-0.25, -0.2) is 0 Å². The third-order valence-electron chi connectivity index (χ3n) is 1.53. The lowest BCUT2D eigenvalue weighted by Gasteiger charge is -2.05. The van der Waals surface area contributed by atoms with E-state index in [0.29, 0.717) is 0 Å². The van der Waals surface area contributed by atoms with Gasteiger partial charge >= 0.3 is 0 Å².